The van der Waals surface area contributed by atoms with Crippen LogP contribution in [-0.2, 0) is 16.0 Å². The van der Waals surface area contributed by atoms with Crippen molar-refractivity contribution in [2.45, 2.75) is 65.6 Å². The Bertz CT molecular complexity index is 988. The maximum Gasteiger partial charge on any atom is 0.308 e. The number of carbonyl (C=O) groups is 1. The van der Waals surface area contributed by atoms with Crippen molar-refractivity contribution >= 4 is 5.97 Å². The van der Waals surface area contributed by atoms with Crippen LogP contribution in [0, 0.1) is 0 Å². The summed E-state index contributed by atoms with van der Waals surface area (Å²) < 4.78 is 11.3. The molecule has 168 valence electrons. The van der Waals surface area contributed by atoms with E-state index in [1.54, 1.807) is 12.4 Å². The minimum atomic E-state index is -0.638. The fraction of sp³-hybridized carbons (Fsp3) is 0.370. The van der Waals surface area contributed by atoms with Crippen LogP contribution in [0.25, 0.3) is 22.5 Å². The molecule has 0 aliphatic rings. The molecule has 0 aliphatic heterocycles. The third-order valence-corrected chi connectivity index (χ3v) is 5.20. The van der Waals surface area contributed by atoms with Crippen LogP contribution >= 0.6 is 0 Å². The minimum Gasteiger partial charge on any atom is -0.452 e. The summed E-state index contributed by atoms with van der Waals surface area (Å²) in [6, 6.07) is 16.6. The zero-order chi connectivity index (χ0) is 22.8. The summed E-state index contributed by atoms with van der Waals surface area (Å²) in [4.78, 5) is 21.2. The van der Waals surface area contributed by atoms with Crippen molar-refractivity contribution in [3.8, 4) is 28.3 Å². The van der Waals surface area contributed by atoms with Gasteiger partial charge in [-0.15, -0.1) is 0 Å². The van der Waals surface area contributed by atoms with Crippen LogP contribution in [0.4, 0.5) is 0 Å². The first-order valence-corrected chi connectivity index (χ1v) is 11.5. The number of aromatic nitrogens is 2. The zero-order valence-electron chi connectivity index (χ0n) is 19.2. The number of unbranched alkanes of at least 4 members (excludes halogenated alkanes) is 1. The summed E-state index contributed by atoms with van der Waals surface area (Å²) in [5.41, 5.74) is 4.51. The van der Waals surface area contributed by atoms with Gasteiger partial charge >= 0.3 is 5.97 Å². The van der Waals surface area contributed by atoms with Gasteiger partial charge in [0.15, 0.2) is 11.6 Å². The summed E-state index contributed by atoms with van der Waals surface area (Å²) >= 11 is 0. The Labute approximate surface area is 190 Å². The maximum atomic E-state index is 11.9. The first-order chi connectivity index (χ1) is 15.7. The number of nitrogens with zero attached hydrogens (tertiary/aromatic N) is 2. The van der Waals surface area contributed by atoms with Gasteiger partial charge in [-0.05, 0) is 29.5 Å². The molecule has 0 amide bonds. The quantitative estimate of drug-likeness (QED) is 0.252. The van der Waals surface area contributed by atoms with E-state index in [0.717, 1.165) is 42.4 Å². The molecule has 0 bridgehead atoms. The minimum absolute atomic E-state index is 0.239. The van der Waals surface area contributed by atoms with E-state index >= 15 is 0 Å². The van der Waals surface area contributed by atoms with Crippen LogP contribution in [-0.4, -0.2) is 22.2 Å². The summed E-state index contributed by atoms with van der Waals surface area (Å²) in [7, 11) is 0. The molecule has 0 unspecified atom stereocenters. The molecule has 0 fully saturated rings. The standard InChI is InChI=1S/C27H32N2O3/c1-4-7-17-24(30)32-25(6-3)31-22-18-28-27(29-19-22)26-21(12-5-2)15-11-16-23(26)20-13-9-8-10-14-20/h8-11,13-16,18-19,25H,4-7,12,17H2,1-3H3/t25-/m0/s1. The highest BCUT2D eigenvalue weighted by Gasteiger charge is 2.17. The number of rotatable bonds is 11. The third kappa shape index (κ3) is 6.16. The van der Waals surface area contributed by atoms with Crippen molar-refractivity contribution in [2.24, 2.45) is 0 Å². The van der Waals surface area contributed by atoms with Crippen LogP contribution in [0.5, 0.6) is 5.75 Å². The molecule has 3 rings (SSSR count). The Morgan fingerprint density at radius 3 is 2.34 bits per heavy atom. The van der Waals surface area contributed by atoms with Gasteiger partial charge in [-0.2, -0.15) is 0 Å². The van der Waals surface area contributed by atoms with E-state index < -0.39 is 6.29 Å². The lowest BCUT2D eigenvalue weighted by atomic mass is 9.93. The molecule has 3 aromatic rings. The molecule has 0 spiro atoms. The highest BCUT2D eigenvalue weighted by Crippen LogP contribution is 2.34. The fourth-order valence-electron chi connectivity index (χ4n) is 3.58. The van der Waals surface area contributed by atoms with Crippen molar-refractivity contribution in [3.05, 3.63) is 66.5 Å². The first-order valence-electron chi connectivity index (χ1n) is 11.5. The van der Waals surface area contributed by atoms with Crippen molar-refractivity contribution in [1.82, 2.24) is 9.97 Å². The Morgan fingerprint density at radius 2 is 1.69 bits per heavy atom. The second kappa shape index (κ2) is 12.0. The summed E-state index contributed by atoms with van der Waals surface area (Å²) in [6.07, 6.45) is 7.38. The summed E-state index contributed by atoms with van der Waals surface area (Å²) in [6.45, 7) is 6.13. The predicted molar refractivity (Wildman–Crippen MR) is 127 cm³/mol. The van der Waals surface area contributed by atoms with Gasteiger partial charge in [-0.25, -0.2) is 9.97 Å². The SMILES string of the molecule is CCCCC(=O)O[C@@H](CC)Oc1cnc(-c2c(CCC)cccc2-c2ccccc2)nc1. The molecule has 5 nitrogen and oxygen atoms in total. The normalized spacial score (nSPS) is 11.7. The zero-order valence-corrected chi connectivity index (χ0v) is 19.2. The van der Waals surface area contributed by atoms with E-state index in [4.69, 9.17) is 9.47 Å². The van der Waals surface area contributed by atoms with Gasteiger partial charge in [0.25, 0.3) is 0 Å². The maximum absolute atomic E-state index is 11.9. The largest absolute Gasteiger partial charge is 0.452 e. The van der Waals surface area contributed by atoms with Gasteiger partial charge in [-0.1, -0.05) is 82.1 Å². The van der Waals surface area contributed by atoms with Gasteiger partial charge in [0.2, 0.25) is 6.29 Å². The molecule has 0 saturated heterocycles. The molecule has 2 aromatic carbocycles. The van der Waals surface area contributed by atoms with Crippen LogP contribution < -0.4 is 4.74 Å². The van der Waals surface area contributed by atoms with Crippen molar-refractivity contribution in [3.63, 3.8) is 0 Å². The highest BCUT2D eigenvalue weighted by molar-refractivity contribution is 5.83. The molecule has 1 heterocycles. The average Bonchev–Trinajstić information content (AvgIpc) is 2.83. The van der Waals surface area contributed by atoms with Crippen LogP contribution in [0.2, 0.25) is 0 Å². The highest BCUT2D eigenvalue weighted by atomic mass is 16.7. The molecular weight excluding hydrogens is 400 g/mol. The Morgan fingerprint density at radius 1 is 0.938 bits per heavy atom. The van der Waals surface area contributed by atoms with Crippen molar-refractivity contribution < 1.29 is 14.3 Å². The van der Waals surface area contributed by atoms with E-state index in [0.29, 0.717) is 24.4 Å². The fourth-order valence-corrected chi connectivity index (χ4v) is 3.58. The molecule has 0 saturated carbocycles. The lowest BCUT2D eigenvalue weighted by Gasteiger charge is -2.18. The number of aryl methyl sites for hydroxylation is 1. The number of hydrogen-bond acceptors (Lipinski definition) is 5. The third-order valence-electron chi connectivity index (χ3n) is 5.20. The number of benzene rings is 2. The van der Waals surface area contributed by atoms with Crippen LogP contribution in [0.15, 0.2) is 60.9 Å². The molecule has 0 radical (unpaired) electrons. The topological polar surface area (TPSA) is 61.3 Å². The molecular formula is C27H32N2O3. The monoisotopic (exact) mass is 432 g/mol. The number of esters is 1. The number of ether oxygens (including phenoxy) is 2. The molecule has 0 aliphatic carbocycles. The van der Waals surface area contributed by atoms with E-state index in [9.17, 15) is 4.79 Å². The predicted octanol–water partition coefficient (Wildman–Crippen LogP) is 6.61. The summed E-state index contributed by atoms with van der Waals surface area (Å²) in [5.74, 6) is 0.906. The smallest absolute Gasteiger partial charge is 0.308 e. The first kappa shape index (κ1) is 23.5. The average molecular weight is 433 g/mol. The molecule has 0 N–H and O–H groups in total. The van der Waals surface area contributed by atoms with Crippen molar-refractivity contribution in [2.75, 3.05) is 0 Å². The van der Waals surface area contributed by atoms with Gasteiger partial charge in [0, 0.05) is 18.4 Å². The van der Waals surface area contributed by atoms with Gasteiger partial charge in [0.1, 0.15) is 0 Å². The van der Waals surface area contributed by atoms with Gasteiger partial charge in [0.05, 0.1) is 12.4 Å². The second-order valence-electron chi connectivity index (χ2n) is 7.75. The van der Waals surface area contributed by atoms with Crippen molar-refractivity contribution in [1.29, 1.82) is 0 Å². The Balaban J connectivity index is 1.84. The van der Waals surface area contributed by atoms with Crippen LogP contribution in [0.3, 0.4) is 0 Å². The van der Waals surface area contributed by atoms with Gasteiger partial charge in [-0.3, -0.25) is 4.79 Å². The lowest BCUT2D eigenvalue weighted by Crippen LogP contribution is -2.23. The Hall–Kier alpha value is -3.21. The second-order valence-corrected chi connectivity index (χ2v) is 7.75. The van der Waals surface area contributed by atoms with Gasteiger partial charge < -0.3 is 9.47 Å². The Kier molecular flexibility index (Phi) is 8.79. The van der Waals surface area contributed by atoms with E-state index in [1.807, 2.05) is 32.0 Å². The number of carbonyl (C=O) groups excluding carboxylic acids is 1. The summed E-state index contributed by atoms with van der Waals surface area (Å²) in [5, 5.41) is 0. The van der Waals surface area contributed by atoms with E-state index in [1.165, 1.54) is 5.56 Å². The molecule has 32 heavy (non-hydrogen) atoms. The van der Waals surface area contributed by atoms with E-state index in [2.05, 4.69) is 47.2 Å². The van der Waals surface area contributed by atoms with E-state index in [-0.39, 0.29) is 5.97 Å². The van der Waals surface area contributed by atoms with Crippen LogP contribution in [0.1, 0.15) is 58.4 Å². The molecule has 5 heteroatoms. The lowest BCUT2D eigenvalue weighted by molar-refractivity contribution is -0.164. The molecule has 1 aromatic heterocycles. The molecule has 1 atom stereocenters. The number of hydrogen-bond donors (Lipinski definition) is 0.